The molecule has 0 aromatic heterocycles. The Balaban J connectivity index is 1.89. The predicted molar refractivity (Wildman–Crippen MR) is 77.2 cm³/mol. The Morgan fingerprint density at radius 3 is 2.94 bits per heavy atom. The molecule has 0 fully saturated rings. The van der Waals surface area contributed by atoms with Crippen LogP contribution in [0, 0.1) is 6.92 Å². The lowest BCUT2D eigenvalue weighted by atomic mass is 10.0. The molecule has 1 atom stereocenters. The second kappa shape index (κ2) is 4.65. The Morgan fingerprint density at radius 1 is 1.22 bits per heavy atom. The summed E-state index contributed by atoms with van der Waals surface area (Å²) in [6, 6.07) is 14.8. The van der Waals surface area contributed by atoms with Crippen LogP contribution in [0.3, 0.4) is 0 Å². The smallest absolute Gasteiger partial charge is 0.143 e. The average Bonchev–Trinajstić information content (AvgIpc) is 2.38. The number of aryl methyl sites for hydroxylation is 1. The Labute approximate surface area is 115 Å². The second-order valence-electron chi connectivity index (χ2n) is 4.56. The van der Waals surface area contributed by atoms with E-state index in [0.717, 1.165) is 15.9 Å². The van der Waals surface area contributed by atoms with Gasteiger partial charge in [-0.05, 0) is 30.7 Å². The minimum absolute atomic E-state index is 0.221. The summed E-state index contributed by atoms with van der Waals surface area (Å²) in [6.07, 6.45) is 0. The molecule has 0 bridgehead atoms. The SMILES string of the molecule is Cc1cccc(C2COc3cc(Br)ccc3N2)c1. The lowest BCUT2D eigenvalue weighted by Crippen LogP contribution is -2.23. The molecule has 0 aliphatic carbocycles. The first kappa shape index (κ1) is 11.6. The maximum absolute atomic E-state index is 5.82. The van der Waals surface area contributed by atoms with Gasteiger partial charge in [0.25, 0.3) is 0 Å². The fourth-order valence-electron chi connectivity index (χ4n) is 2.20. The summed E-state index contributed by atoms with van der Waals surface area (Å²) in [4.78, 5) is 0. The highest BCUT2D eigenvalue weighted by Crippen LogP contribution is 2.35. The first-order valence-electron chi connectivity index (χ1n) is 5.98. The van der Waals surface area contributed by atoms with Crippen LogP contribution in [0.2, 0.25) is 0 Å². The molecule has 1 aliphatic heterocycles. The van der Waals surface area contributed by atoms with E-state index in [0.29, 0.717) is 6.61 Å². The summed E-state index contributed by atoms with van der Waals surface area (Å²) < 4.78 is 6.86. The Bertz CT molecular complexity index is 582. The third kappa shape index (κ3) is 2.23. The molecule has 3 rings (SSSR count). The molecular weight excluding hydrogens is 290 g/mol. The quantitative estimate of drug-likeness (QED) is 0.848. The molecule has 92 valence electrons. The van der Waals surface area contributed by atoms with Crippen molar-refractivity contribution < 1.29 is 4.74 Å². The van der Waals surface area contributed by atoms with Crippen LogP contribution in [0.5, 0.6) is 5.75 Å². The Morgan fingerprint density at radius 2 is 2.11 bits per heavy atom. The zero-order valence-electron chi connectivity index (χ0n) is 10.1. The molecule has 3 heteroatoms. The van der Waals surface area contributed by atoms with E-state index in [9.17, 15) is 0 Å². The molecule has 0 spiro atoms. The zero-order valence-corrected chi connectivity index (χ0v) is 11.7. The summed E-state index contributed by atoms with van der Waals surface area (Å²) in [5.74, 6) is 0.910. The van der Waals surface area contributed by atoms with E-state index in [4.69, 9.17) is 4.74 Å². The Hall–Kier alpha value is -1.48. The summed E-state index contributed by atoms with van der Waals surface area (Å²) in [5, 5.41) is 3.52. The minimum Gasteiger partial charge on any atom is -0.489 e. The second-order valence-corrected chi connectivity index (χ2v) is 5.48. The highest BCUT2D eigenvalue weighted by molar-refractivity contribution is 9.10. The van der Waals surface area contributed by atoms with Crippen LogP contribution >= 0.6 is 15.9 Å². The van der Waals surface area contributed by atoms with Gasteiger partial charge in [0, 0.05) is 4.47 Å². The molecular formula is C15H14BrNO. The van der Waals surface area contributed by atoms with Crippen LogP contribution in [0.15, 0.2) is 46.9 Å². The fraction of sp³-hybridized carbons (Fsp3) is 0.200. The zero-order chi connectivity index (χ0) is 12.5. The summed E-state index contributed by atoms with van der Waals surface area (Å²) >= 11 is 3.45. The maximum Gasteiger partial charge on any atom is 0.143 e. The molecule has 1 aliphatic rings. The molecule has 1 unspecified atom stereocenters. The monoisotopic (exact) mass is 303 g/mol. The maximum atomic E-state index is 5.82. The molecule has 0 amide bonds. The van der Waals surface area contributed by atoms with E-state index < -0.39 is 0 Å². The van der Waals surface area contributed by atoms with Crippen LogP contribution in [-0.2, 0) is 0 Å². The number of hydrogen-bond donors (Lipinski definition) is 1. The molecule has 1 heterocycles. The largest absolute Gasteiger partial charge is 0.489 e. The summed E-state index contributed by atoms with van der Waals surface area (Å²) in [7, 11) is 0. The average molecular weight is 304 g/mol. The van der Waals surface area contributed by atoms with Gasteiger partial charge in [0.2, 0.25) is 0 Å². The van der Waals surface area contributed by atoms with Crippen molar-refractivity contribution in [2.45, 2.75) is 13.0 Å². The lowest BCUT2D eigenvalue weighted by Gasteiger charge is -2.28. The van der Waals surface area contributed by atoms with Gasteiger partial charge in [-0.3, -0.25) is 0 Å². The van der Waals surface area contributed by atoms with Crippen molar-refractivity contribution in [3.63, 3.8) is 0 Å². The van der Waals surface area contributed by atoms with Gasteiger partial charge in [-0.25, -0.2) is 0 Å². The van der Waals surface area contributed by atoms with Crippen LogP contribution in [0.1, 0.15) is 17.2 Å². The highest BCUT2D eigenvalue weighted by Gasteiger charge is 2.20. The fourth-order valence-corrected chi connectivity index (χ4v) is 2.54. The number of hydrogen-bond acceptors (Lipinski definition) is 2. The van der Waals surface area contributed by atoms with Crippen LogP contribution < -0.4 is 10.1 Å². The third-order valence-electron chi connectivity index (χ3n) is 3.12. The first-order valence-corrected chi connectivity index (χ1v) is 6.77. The van der Waals surface area contributed by atoms with E-state index >= 15 is 0 Å². The molecule has 2 aromatic rings. The predicted octanol–water partition coefficient (Wildman–Crippen LogP) is 4.30. The topological polar surface area (TPSA) is 21.3 Å². The number of ether oxygens (including phenoxy) is 1. The van der Waals surface area contributed by atoms with Gasteiger partial charge in [-0.1, -0.05) is 45.8 Å². The van der Waals surface area contributed by atoms with Gasteiger partial charge in [0.15, 0.2) is 0 Å². The van der Waals surface area contributed by atoms with Crippen LogP contribution in [-0.4, -0.2) is 6.61 Å². The number of fused-ring (bicyclic) bond motifs is 1. The van der Waals surface area contributed by atoms with Gasteiger partial charge in [0.1, 0.15) is 12.4 Å². The van der Waals surface area contributed by atoms with Crippen molar-refractivity contribution in [2.24, 2.45) is 0 Å². The minimum atomic E-state index is 0.221. The van der Waals surface area contributed by atoms with Crippen molar-refractivity contribution in [1.29, 1.82) is 0 Å². The standard InChI is InChI=1S/C15H14BrNO/c1-10-3-2-4-11(7-10)14-9-18-15-8-12(16)5-6-13(15)17-14/h2-8,14,17H,9H2,1H3. The Kier molecular flexibility index (Phi) is 3.00. The summed E-state index contributed by atoms with van der Waals surface area (Å²) in [6.45, 7) is 2.77. The van der Waals surface area contributed by atoms with Crippen LogP contribution in [0.25, 0.3) is 0 Å². The van der Waals surface area contributed by atoms with Gasteiger partial charge in [-0.15, -0.1) is 0 Å². The normalized spacial score (nSPS) is 17.6. The van der Waals surface area contributed by atoms with Gasteiger partial charge in [0.05, 0.1) is 11.7 Å². The molecule has 18 heavy (non-hydrogen) atoms. The molecule has 0 radical (unpaired) electrons. The number of nitrogens with one attached hydrogen (secondary N) is 1. The highest BCUT2D eigenvalue weighted by atomic mass is 79.9. The molecule has 0 saturated carbocycles. The lowest BCUT2D eigenvalue weighted by molar-refractivity contribution is 0.286. The van der Waals surface area contributed by atoms with Crippen molar-refractivity contribution in [2.75, 3.05) is 11.9 Å². The molecule has 2 nitrogen and oxygen atoms in total. The van der Waals surface area contributed by atoms with Crippen molar-refractivity contribution in [1.82, 2.24) is 0 Å². The van der Waals surface area contributed by atoms with E-state index in [1.54, 1.807) is 0 Å². The van der Waals surface area contributed by atoms with Crippen LogP contribution in [0.4, 0.5) is 5.69 Å². The van der Waals surface area contributed by atoms with E-state index in [-0.39, 0.29) is 6.04 Å². The number of rotatable bonds is 1. The number of halogens is 1. The van der Waals surface area contributed by atoms with E-state index in [2.05, 4.69) is 52.4 Å². The van der Waals surface area contributed by atoms with Crippen molar-refractivity contribution in [3.8, 4) is 5.75 Å². The first-order chi connectivity index (χ1) is 8.72. The van der Waals surface area contributed by atoms with E-state index in [1.807, 2.05) is 18.2 Å². The van der Waals surface area contributed by atoms with Crippen molar-refractivity contribution in [3.05, 3.63) is 58.1 Å². The van der Waals surface area contributed by atoms with E-state index in [1.165, 1.54) is 11.1 Å². The van der Waals surface area contributed by atoms with Gasteiger partial charge >= 0.3 is 0 Å². The van der Waals surface area contributed by atoms with Gasteiger partial charge < -0.3 is 10.1 Å². The molecule has 2 aromatic carbocycles. The molecule has 0 saturated heterocycles. The molecule has 1 N–H and O–H groups in total. The summed E-state index contributed by atoms with van der Waals surface area (Å²) in [5.41, 5.74) is 3.59. The van der Waals surface area contributed by atoms with Gasteiger partial charge in [-0.2, -0.15) is 0 Å². The third-order valence-corrected chi connectivity index (χ3v) is 3.62. The van der Waals surface area contributed by atoms with Crippen molar-refractivity contribution >= 4 is 21.6 Å². The number of benzene rings is 2. The number of anilines is 1.